The zero-order chi connectivity index (χ0) is 14.1. The van der Waals surface area contributed by atoms with Crippen LogP contribution >= 0.6 is 0 Å². The molecule has 0 radical (unpaired) electrons. The average Bonchev–Trinajstić information content (AvgIpc) is 2.33. The van der Waals surface area contributed by atoms with Crippen LogP contribution in [0.25, 0.3) is 0 Å². The molecule has 4 nitrogen and oxygen atoms in total. The van der Waals surface area contributed by atoms with E-state index in [1.807, 2.05) is 6.92 Å². The summed E-state index contributed by atoms with van der Waals surface area (Å²) >= 11 is 0. The topological polar surface area (TPSA) is 66.4 Å². The van der Waals surface area contributed by atoms with E-state index >= 15 is 0 Å². The molecule has 19 heavy (non-hydrogen) atoms. The Morgan fingerprint density at radius 1 is 1.16 bits per heavy atom. The minimum absolute atomic E-state index is 0.0174. The van der Waals surface area contributed by atoms with Crippen molar-refractivity contribution in [3.63, 3.8) is 0 Å². The summed E-state index contributed by atoms with van der Waals surface area (Å²) < 4.78 is 0. The quantitative estimate of drug-likeness (QED) is 0.778. The number of hydrogen-bond acceptors (Lipinski definition) is 2. The van der Waals surface area contributed by atoms with E-state index in [1.54, 1.807) is 0 Å². The lowest BCUT2D eigenvalue weighted by atomic mass is 9.90. The summed E-state index contributed by atoms with van der Waals surface area (Å²) in [6.07, 6.45) is 9.97. The molecule has 0 bridgehead atoms. The van der Waals surface area contributed by atoms with Gasteiger partial charge in [-0.3, -0.25) is 4.79 Å². The first-order valence-corrected chi connectivity index (χ1v) is 7.68. The maximum Gasteiger partial charge on any atom is 0.326 e. The molecule has 2 N–H and O–H groups in total. The number of carboxylic acids is 1. The fraction of sp³-hybridized carbons (Fsp3) is 0.867. The van der Waals surface area contributed by atoms with E-state index in [4.69, 9.17) is 5.11 Å². The molecule has 1 amide bonds. The minimum atomic E-state index is -0.910. The third kappa shape index (κ3) is 6.08. The highest BCUT2D eigenvalue weighted by atomic mass is 16.4. The highest BCUT2D eigenvalue weighted by Crippen LogP contribution is 2.22. The van der Waals surface area contributed by atoms with Crippen molar-refractivity contribution in [1.29, 1.82) is 0 Å². The predicted molar refractivity (Wildman–Crippen MR) is 74.9 cm³/mol. The Hall–Kier alpha value is -1.06. The van der Waals surface area contributed by atoms with Gasteiger partial charge in [0, 0.05) is 5.92 Å². The van der Waals surface area contributed by atoms with Gasteiger partial charge in [-0.15, -0.1) is 0 Å². The number of rotatable bonds is 6. The summed E-state index contributed by atoms with van der Waals surface area (Å²) in [6, 6.07) is -0.710. The molecular weight excluding hydrogens is 242 g/mol. The van der Waals surface area contributed by atoms with E-state index in [0.717, 1.165) is 38.5 Å². The van der Waals surface area contributed by atoms with Crippen molar-refractivity contribution in [3.05, 3.63) is 0 Å². The van der Waals surface area contributed by atoms with Crippen molar-refractivity contribution in [3.8, 4) is 0 Å². The molecule has 1 atom stereocenters. The molecule has 1 aliphatic rings. The molecule has 0 spiro atoms. The zero-order valence-corrected chi connectivity index (χ0v) is 12.0. The second-order valence-electron chi connectivity index (χ2n) is 5.58. The second kappa shape index (κ2) is 8.94. The maximum absolute atomic E-state index is 12.2. The first kappa shape index (κ1) is 16.0. The summed E-state index contributed by atoms with van der Waals surface area (Å²) in [7, 11) is 0. The number of carboxylic acid groups (broad SMARTS) is 1. The predicted octanol–water partition coefficient (Wildman–Crippen LogP) is 3.11. The Kier molecular flexibility index (Phi) is 7.53. The number of nitrogens with one attached hydrogen (secondary N) is 1. The normalized spacial score (nSPS) is 19.2. The third-order valence-corrected chi connectivity index (χ3v) is 3.94. The molecule has 0 heterocycles. The van der Waals surface area contributed by atoms with Crippen LogP contribution < -0.4 is 5.32 Å². The Bertz CT molecular complexity index is 283. The van der Waals surface area contributed by atoms with Gasteiger partial charge in [0.1, 0.15) is 6.04 Å². The number of unbranched alkanes of at least 4 members (excludes halogenated alkanes) is 1. The van der Waals surface area contributed by atoms with Gasteiger partial charge in [-0.2, -0.15) is 0 Å². The highest BCUT2D eigenvalue weighted by Gasteiger charge is 2.24. The number of amides is 1. The molecule has 0 aliphatic heterocycles. The van der Waals surface area contributed by atoms with Crippen LogP contribution in [0.5, 0.6) is 0 Å². The van der Waals surface area contributed by atoms with E-state index in [1.165, 1.54) is 19.3 Å². The van der Waals surface area contributed by atoms with Crippen molar-refractivity contribution in [2.24, 2.45) is 5.92 Å². The van der Waals surface area contributed by atoms with Crippen molar-refractivity contribution >= 4 is 11.9 Å². The molecule has 1 rings (SSSR count). The van der Waals surface area contributed by atoms with Gasteiger partial charge >= 0.3 is 5.97 Å². The molecular formula is C15H27NO3. The van der Waals surface area contributed by atoms with Gasteiger partial charge in [0.15, 0.2) is 0 Å². The number of hydrogen-bond donors (Lipinski definition) is 2. The smallest absolute Gasteiger partial charge is 0.326 e. The monoisotopic (exact) mass is 269 g/mol. The molecule has 0 aromatic rings. The molecule has 1 unspecified atom stereocenters. The molecule has 1 aliphatic carbocycles. The van der Waals surface area contributed by atoms with Crippen molar-refractivity contribution < 1.29 is 14.7 Å². The molecule has 0 aromatic heterocycles. The van der Waals surface area contributed by atoms with Crippen LogP contribution in [0, 0.1) is 5.92 Å². The zero-order valence-electron chi connectivity index (χ0n) is 12.0. The molecule has 0 aromatic carbocycles. The van der Waals surface area contributed by atoms with E-state index in [2.05, 4.69) is 5.32 Å². The largest absolute Gasteiger partial charge is 0.480 e. The van der Waals surface area contributed by atoms with Crippen LogP contribution in [-0.2, 0) is 9.59 Å². The van der Waals surface area contributed by atoms with E-state index in [9.17, 15) is 9.59 Å². The molecule has 0 saturated heterocycles. The van der Waals surface area contributed by atoms with E-state index in [-0.39, 0.29) is 11.8 Å². The third-order valence-electron chi connectivity index (χ3n) is 3.94. The van der Waals surface area contributed by atoms with Crippen molar-refractivity contribution in [2.75, 3.05) is 0 Å². The number of carbonyl (C=O) groups is 2. The Morgan fingerprint density at radius 3 is 2.26 bits per heavy atom. The Balaban J connectivity index is 2.46. The van der Waals surface area contributed by atoms with E-state index in [0.29, 0.717) is 6.42 Å². The summed E-state index contributed by atoms with van der Waals surface area (Å²) in [4.78, 5) is 23.3. The molecule has 1 fully saturated rings. The standard InChI is InChI=1S/C15H27NO3/c1-2-3-11-13(15(18)19)16-14(17)12-9-7-5-4-6-8-10-12/h12-13H,2-11H2,1H3,(H,16,17)(H,18,19). The first-order chi connectivity index (χ1) is 9.15. The van der Waals surface area contributed by atoms with Crippen LogP contribution in [0.4, 0.5) is 0 Å². The average molecular weight is 269 g/mol. The minimum Gasteiger partial charge on any atom is -0.480 e. The van der Waals surface area contributed by atoms with Crippen molar-refractivity contribution in [1.82, 2.24) is 5.32 Å². The van der Waals surface area contributed by atoms with Gasteiger partial charge in [-0.1, -0.05) is 51.9 Å². The number of carbonyl (C=O) groups excluding carboxylic acids is 1. The summed E-state index contributed by atoms with van der Waals surface area (Å²) in [6.45, 7) is 2.02. The summed E-state index contributed by atoms with van der Waals surface area (Å²) in [5.74, 6) is -0.943. The summed E-state index contributed by atoms with van der Waals surface area (Å²) in [5, 5.41) is 11.9. The lowest BCUT2D eigenvalue weighted by molar-refractivity contribution is -0.142. The lowest BCUT2D eigenvalue weighted by Gasteiger charge is -2.21. The van der Waals surface area contributed by atoms with Crippen LogP contribution in [0.1, 0.15) is 71.1 Å². The Labute approximate surface area is 116 Å². The van der Waals surface area contributed by atoms with Gasteiger partial charge in [0.05, 0.1) is 0 Å². The van der Waals surface area contributed by atoms with E-state index < -0.39 is 12.0 Å². The summed E-state index contributed by atoms with van der Waals surface area (Å²) in [5.41, 5.74) is 0. The van der Waals surface area contributed by atoms with Crippen LogP contribution in [0.2, 0.25) is 0 Å². The maximum atomic E-state index is 12.2. The number of aliphatic carboxylic acids is 1. The van der Waals surface area contributed by atoms with Crippen LogP contribution in [0.3, 0.4) is 0 Å². The second-order valence-corrected chi connectivity index (χ2v) is 5.58. The highest BCUT2D eigenvalue weighted by molar-refractivity contribution is 5.84. The molecule has 1 saturated carbocycles. The van der Waals surface area contributed by atoms with Gasteiger partial charge in [0.25, 0.3) is 0 Å². The SMILES string of the molecule is CCCCC(NC(=O)C1CCCCCCC1)C(=O)O. The molecule has 110 valence electrons. The van der Waals surface area contributed by atoms with Crippen molar-refractivity contribution in [2.45, 2.75) is 77.2 Å². The van der Waals surface area contributed by atoms with Gasteiger partial charge in [0.2, 0.25) is 5.91 Å². The lowest BCUT2D eigenvalue weighted by Crippen LogP contribution is -2.43. The molecule has 4 heteroatoms. The fourth-order valence-corrected chi connectivity index (χ4v) is 2.67. The van der Waals surface area contributed by atoms with Crippen LogP contribution in [-0.4, -0.2) is 23.0 Å². The first-order valence-electron chi connectivity index (χ1n) is 7.68. The fourth-order valence-electron chi connectivity index (χ4n) is 2.67. The Morgan fingerprint density at radius 2 is 1.74 bits per heavy atom. The van der Waals surface area contributed by atoms with Gasteiger partial charge in [-0.25, -0.2) is 4.79 Å². The van der Waals surface area contributed by atoms with Crippen LogP contribution in [0.15, 0.2) is 0 Å². The van der Waals surface area contributed by atoms with Gasteiger partial charge < -0.3 is 10.4 Å². The van der Waals surface area contributed by atoms with Gasteiger partial charge in [-0.05, 0) is 19.3 Å².